The molecule has 3 aromatic carbocycles. The van der Waals surface area contributed by atoms with Crippen molar-refractivity contribution < 1.29 is 14.3 Å². The van der Waals surface area contributed by atoms with Crippen LogP contribution in [0.15, 0.2) is 54.6 Å². The summed E-state index contributed by atoms with van der Waals surface area (Å²) < 4.78 is 10.4. The van der Waals surface area contributed by atoms with Crippen LogP contribution in [0.2, 0.25) is 0 Å². The van der Waals surface area contributed by atoms with Crippen molar-refractivity contribution in [2.45, 2.75) is 0 Å². The average Bonchev–Trinajstić information content (AvgIpc) is 2.60. The maximum absolute atomic E-state index is 11.3. The zero-order valence-corrected chi connectivity index (χ0v) is 12.5. The van der Waals surface area contributed by atoms with E-state index in [9.17, 15) is 4.79 Å². The van der Waals surface area contributed by atoms with Crippen molar-refractivity contribution in [2.75, 3.05) is 14.2 Å². The molecule has 0 atom stereocenters. The molecule has 110 valence electrons. The molecule has 0 unspecified atom stereocenters. The van der Waals surface area contributed by atoms with Gasteiger partial charge in [0.2, 0.25) is 0 Å². The average molecular weight is 292 g/mol. The lowest BCUT2D eigenvalue weighted by Gasteiger charge is -2.09. The third-order valence-corrected chi connectivity index (χ3v) is 3.74. The summed E-state index contributed by atoms with van der Waals surface area (Å²) in [6.45, 7) is 0. The van der Waals surface area contributed by atoms with Crippen LogP contribution in [0, 0.1) is 0 Å². The number of hydrogen-bond donors (Lipinski definition) is 0. The van der Waals surface area contributed by atoms with Gasteiger partial charge in [-0.2, -0.15) is 0 Å². The fraction of sp³-hybridized carbons (Fsp3) is 0.105. The van der Waals surface area contributed by atoms with Gasteiger partial charge in [0, 0.05) is 5.56 Å². The molecule has 0 aromatic heterocycles. The van der Waals surface area contributed by atoms with Gasteiger partial charge in [-0.3, -0.25) is 4.79 Å². The largest absolute Gasteiger partial charge is 0.497 e. The molecule has 3 heteroatoms. The van der Waals surface area contributed by atoms with Gasteiger partial charge >= 0.3 is 0 Å². The van der Waals surface area contributed by atoms with Crippen molar-refractivity contribution in [3.8, 4) is 22.6 Å². The molecule has 0 amide bonds. The van der Waals surface area contributed by atoms with Crippen LogP contribution in [-0.4, -0.2) is 20.5 Å². The van der Waals surface area contributed by atoms with Gasteiger partial charge in [-0.05, 0) is 58.3 Å². The van der Waals surface area contributed by atoms with Gasteiger partial charge in [0.15, 0.2) is 6.29 Å². The van der Waals surface area contributed by atoms with E-state index in [1.807, 2.05) is 42.5 Å². The van der Waals surface area contributed by atoms with E-state index in [-0.39, 0.29) is 0 Å². The Morgan fingerprint density at radius 3 is 2.14 bits per heavy atom. The molecule has 3 rings (SSSR count). The summed E-state index contributed by atoms with van der Waals surface area (Å²) in [5, 5.41) is 2.20. The highest BCUT2D eigenvalue weighted by molar-refractivity contribution is 5.93. The summed E-state index contributed by atoms with van der Waals surface area (Å²) in [4.78, 5) is 11.3. The Morgan fingerprint density at radius 2 is 1.41 bits per heavy atom. The lowest BCUT2D eigenvalue weighted by molar-refractivity contribution is 0.112. The molecule has 0 spiro atoms. The molecule has 3 aromatic rings. The van der Waals surface area contributed by atoms with Gasteiger partial charge in [-0.25, -0.2) is 0 Å². The van der Waals surface area contributed by atoms with Crippen molar-refractivity contribution >= 4 is 17.1 Å². The lowest BCUT2D eigenvalue weighted by Crippen LogP contribution is -1.91. The molecule has 0 aliphatic rings. The molecule has 0 radical (unpaired) electrons. The maximum atomic E-state index is 11.3. The monoisotopic (exact) mass is 292 g/mol. The molecular weight excluding hydrogens is 276 g/mol. The van der Waals surface area contributed by atoms with Crippen LogP contribution in [-0.2, 0) is 0 Å². The van der Waals surface area contributed by atoms with E-state index in [1.54, 1.807) is 20.3 Å². The van der Waals surface area contributed by atoms with E-state index in [1.165, 1.54) is 0 Å². The van der Waals surface area contributed by atoms with Crippen LogP contribution in [0.25, 0.3) is 21.9 Å². The summed E-state index contributed by atoms with van der Waals surface area (Å²) in [6.07, 6.45) is 0.857. The Labute approximate surface area is 129 Å². The Morgan fingerprint density at radius 1 is 0.773 bits per heavy atom. The van der Waals surface area contributed by atoms with Crippen LogP contribution in [0.5, 0.6) is 11.5 Å². The predicted molar refractivity (Wildman–Crippen MR) is 87.9 cm³/mol. The third-order valence-electron chi connectivity index (χ3n) is 3.74. The van der Waals surface area contributed by atoms with Crippen LogP contribution in [0.1, 0.15) is 10.4 Å². The van der Waals surface area contributed by atoms with Crippen LogP contribution >= 0.6 is 0 Å². The molecule has 0 aliphatic heterocycles. The van der Waals surface area contributed by atoms with E-state index >= 15 is 0 Å². The quantitative estimate of drug-likeness (QED) is 0.671. The summed E-state index contributed by atoms with van der Waals surface area (Å²) >= 11 is 0. The smallest absolute Gasteiger partial charge is 0.150 e. The molecule has 0 heterocycles. The minimum Gasteiger partial charge on any atom is -0.497 e. The number of benzene rings is 3. The van der Waals surface area contributed by atoms with Gasteiger partial charge in [0.1, 0.15) is 11.5 Å². The normalized spacial score (nSPS) is 10.5. The predicted octanol–water partition coefficient (Wildman–Crippen LogP) is 4.34. The summed E-state index contributed by atoms with van der Waals surface area (Å²) in [6, 6.07) is 17.6. The molecule has 0 bridgehead atoms. The Hall–Kier alpha value is -2.81. The molecule has 0 N–H and O–H groups in total. The second kappa shape index (κ2) is 5.90. The zero-order chi connectivity index (χ0) is 15.5. The summed E-state index contributed by atoms with van der Waals surface area (Å²) in [5.74, 6) is 1.51. The molecule has 0 fully saturated rings. The first-order chi connectivity index (χ1) is 10.7. The standard InChI is InChI=1S/C19H16O3/c1-21-17-6-5-13-9-15(4-3-14(13)10-17)19-8-7-18(22-2)11-16(19)12-20/h3-12H,1-2H3. The number of carbonyl (C=O) groups is 1. The second-order valence-corrected chi connectivity index (χ2v) is 5.00. The number of hydrogen-bond acceptors (Lipinski definition) is 3. The number of methoxy groups -OCH3 is 2. The molecule has 3 nitrogen and oxygen atoms in total. The molecule has 0 saturated carbocycles. The van der Waals surface area contributed by atoms with Gasteiger partial charge in [-0.1, -0.05) is 18.2 Å². The first-order valence-corrected chi connectivity index (χ1v) is 6.96. The van der Waals surface area contributed by atoms with Gasteiger partial charge in [0.05, 0.1) is 14.2 Å². The fourth-order valence-corrected chi connectivity index (χ4v) is 2.55. The highest BCUT2D eigenvalue weighted by Gasteiger charge is 2.07. The van der Waals surface area contributed by atoms with Crippen molar-refractivity contribution in [2.24, 2.45) is 0 Å². The lowest BCUT2D eigenvalue weighted by atomic mass is 9.97. The summed E-state index contributed by atoms with van der Waals surface area (Å²) in [7, 11) is 3.25. The Balaban J connectivity index is 2.12. The SMILES string of the molecule is COc1ccc(-c2ccc3cc(OC)ccc3c2)c(C=O)c1. The van der Waals surface area contributed by atoms with E-state index in [0.29, 0.717) is 11.3 Å². The van der Waals surface area contributed by atoms with Crippen LogP contribution in [0.4, 0.5) is 0 Å². The molecule has 0 saturated heterocycles. The summed E-state index contributed by atoms with van der Waals surface area (Å²) in [5.41, 5.74) is 2.52. The number of carbonyl (C=O) groups excluding carboxylic acids is 1. The molecular formula is C19H16O3. The van der Waals surface area contributed by atoms with Crippen molar-refractivity contribution in [1.29, 1.82) is 0 Å². The fourth-order valence-electron chi connectivity index (χ4n) is 2.55. The van der Waals surface area contributed by atoms with Crippen LogP contribution in [0.3, 0.4) is 0 Å². The minimum atomic E-state index is 0.618. The van der Waals surface area contributed by atoms with E-state index < -0.39 is 0 Å². The van der Waals surface area contributed by atoms with Crippen molar-refractivity contribution in [1.82, 2.24) is 0 Å². The van der Waals surface area contributed by atoms with Crippen molar-refractivity contribution in [3.63, 3.8) is 0 Å². The topological polar surface area (TPSA) is 35.5 Å². The maximum Gasteiger partial charge on any atom is 0.150 e. The number of fused-ring (bicyclic) bond motifs is 1. The zero-order valence-electron chi connectivity index (χ0n) is 12.5. The Bertz CT molecular complexity index is 837. The number of aldehydes is 1. The van der Waals surface area contributed by atoms with E-state index in [4.69, 9.17) is 9.47 Å². The van der Waals surface area contributed by atoms with Crippen LogP contribution < -0.4 is 9.47 Å². The first kappa shape index (κ1) is 14.1. The number of ether oxygens (including phenoxy) is 2. The molecule has 0 aliphatic carbocycles. The number of rotatable bonds is 4. The first-order valence-electron chi connectivity index (χ1n) is 6.96. The van der Waals surface area contributed by atoms with Gasteiger partial charge in [0.25, 0.3) is 0 Å². The second-order valence-electron chi connectivity index (χ2n) is 5.00. The van der Waals surface area contributed by atoms with Gasteiger partial charge in [-0.15, -0.1) is 0 Å². The van der Waals surface area contributed by atoms with Crippen molar-refractivity contribution in [3.05, 3.63) is 60.2 Å². The highest BCUT2D eigenvalue weighted by atomic mass is 16.5. The van der Waals surface area contributed by atoms with E-state index in [2.05, 4.69) is 6.07 Å². The minimum absolute atomic E-state index is 0.618. The van der Waals surface area contributed by atoms with Gasteiger partial charge < -0.3 is 9.47 Å². The van der Waals surface area contributed by atoms with E-state index in [0.717, 1.165) is 33.9 Å². The third kappa shape index (κ3) is 2.53. The highest BCUT2D eigenvalue weighted by Crippen LogP contribution is 2.30. The molecule has 22 heavy (non-hydrogen) atoms. The Kier molecular flexibility index (Phi) is 3.79.